The van der Waals surface area contributed by atoms with Crippen LogP contribution >= 0.6 is 11.5 Å². The topological polar surface area (TPSA) is 152 Å². The Morgan fingerprint density at radius 2 is 1.65 bits per heavy atom. The van der Waals surface area contributed by atoms with Crippen molar-refractivity contribution in [2.45, 2.75) is 12.6 Å². The molecule has 11 heteroatoms. The molecule has 0 aliphatic carbocycles. The average molecular weight is 520 g/mol. The van der Waals surface area contributed by atoms with Crippen LogP contribution in [0.2, 0.25) is 0 Å². The predicted molar refractivity (Wildman–Crippen MR) is 137 cm³/mol. The molecule has 1 atom stereocenters. The SMILES string of the molecule is NC(=O)c1nsc(C(=O)N(c2ccc(F)cc2)C(C(=O)NCc2ccccc2)c2ccc(O)cc2)c1N. The smallest absolute Gasteiger partial charge is 0.273 e. The van der Waals surface area contributed by atoms with E-state index in [-0.39, 0.29) is 34.2 Å². The molecule has 9 nitrogen and oxygen atoms in total. The van der Waals surface area contributed by atoms with E-state index in [1.165, 1.54) is 36.4 Å². The van der Waals surface area contributed by atoms with E-state index in [1.54, 1.807) is 0 Å². The molecule has 0 saturated heterocycles. The molecule has 4 aromatic rings. The molecule has 0 aliphatic rings. The van der Waals surface area contributed by atoms with Gasteiger partial charge in [0.15, 0.2) is 5.69 Å². The van der Waals surface area contributed by atoms with Crippen molar-refractivity contribution in [3.8, 4) is 5.75 Å². The number of aromatic hydroxyl groups is 1. The molecule has 1 unspecified atom stereocenters. The third-order valence-electron chi connectivity index (χ3n) is 5.50. The van der Waals surface area contributed by atoms with Gasteiger partial charge in [0.25, 0.3) is 11.8 Å². The van der Waals surface area contributed by atoms with Crippen molar-refractivity contribution in [2.75, 3.05) is 10.6 Å². The van der Waals surface area contributed by atoms with E-state index in [2.05, 4.69) is 9.69 Å². The molecule has 37 heavy (non-hydrogen) atoms. The minimum atomic E-state index is -1.26. The van der Waals surface area contributed by atoms with Crippen molar-refractivity contribution in [1.29, 1.82) is 0 Å². The summed E-state index contributed by atoms with van der Waals surface area (Å²) in [6.07, 6.45) is 0. The van der Waals surface area contributed by atoms with Gasteiger partial charge in [0.05, 0.1) is 5.69 Å². The Hall–Kier alpha value is -4.77. The number of hydrogen-bond acceptors (Lipinski definition) is 7. The highest BCUT2D eigenvalue weighted by Crippen LogP contribution is 2.33. The lowest BCUT2D eigenvalue weighted by molar-refractivity contribution is -0.122. The number of nitrogens with zero attached hydrogens (tertiary/aromatic N) is 2. The summed E-state index contributed by atoms with van der Waals surface area (Å²) in [5.41, 5.74) is 12.2. The number of primary amides is 1. The fourth-order valence-corrected chi connectivity index (χ4v) is 4.42. The van der Waals surface area contributed by atoms with Crippen LogP contribution < -0.4 is 21.7 Å². The summed E-state index contributed by atoms with van der Waals surface area (Å²) < 4.78 is 17.7. The Morgan fingerprint density at radius 1 is 1.00 bits per heavy atom. The summed E-state index contributed by atoms with van der Waals surface area (Å²) in [6, 6.07) is 18.7. The second kappa shape index (κ2) is 10.9. The molecule has 0 radical (unpaired) electrons. The molecule has 1 heterocycles. The molecular weight excluding hydrogens is 497 g/mol. The number of nitrogens with two attached hydrogens (primary N) is 2. The molecule has 3 aromatic carbocycles. The molecule has 0 aliphatic heterocycles. The largest absolute Gasteiger partial charge is 0.508 e. The zero-order valence-electron chi connectivity index (χ0n) is 19.3. The van der Waals surface area contributed by atoms with E-state index >= 15 is 0 Å². The zero-order valence-corrected chi connectivity index (χ0v) is 20.1. The normalized spacial score (nSPS) is 11.5. The summed E-state index contributed by atoms with van der Waals surface area (Å²) in [5.74, 6) is -2.78. The minimum absolute atomic E-state index is 0.0374. The van der Waals surface area contributed by atoms with Gasteiger partial charge in [-0.25, -0.2) is 4.39 Å². The summed E-state index contributed by atoms with van der Waals surface area (Å²) in [5, 5.41) is 12.6. The lowest BCUT2D eigenvalue weighted by Gasteiger charge is -2.31. The first-order chi connectivity index (χ1) is 17.8. The number of rotatable bonds is 8. The molecule has 6 N–H and O–H groups in total. The quantitative estimate of drug-likeness (QED) is 0.280. The molecule has 0 bridgehead atoms. The number of anilines is 2. The van der Waals surface area contributed by atoms with Crippen molar-refractivity contribution in [1.82, 2.24) is 9.69 Å². The first-order valence-electron chi connectivity index (χ1n) is 11.0. The van der Waals surface area contributed by atoms with Crippen LogP contribution in [0.4, 0.5) is 15.8 Å². The van der Waals surface area contributed by atoms with Crippen LogP contribution in [0.15, 0.2) is 78.9 Å². The van der Waals surface area contributed by atoms with Gasteiger partial charge in [-0.15, -0.1) is 0 Å². The second-order valence-electron chi connectivity index (χ2n) is 7.99. The van der Waals surface area contributed by atoms with Gasteiger partial charge in [-0.2, -0.15) is 4.37 Å². The van der Waals surface area contributed by atoms with Gasteiger partial charge in [-0.05, 0) is 59.1 Å². The Morgan fingerprint density at radius 3 is 2.24 bits per heavy atom. The van der Waals surface area contributed by atoms with E-state index in [0.717, 1.165) is 22.6 Å². The zero-order chi connectivity index (χ0) is 26.5. The van der Waals surface area contributed by atoms with Gasteiger partial charge in [-0.1, -0.05) is 42.5 Å². The molecular formula is C26H22FN5O4S. The summed E-state index contributed by atoms with van der Waals surface area (Å²) in [6.45, 7) is 0.175. The van der Waals surface area contributed by atoms with Crippen LogP contribution in [-0.4, -0.2) is 27.2 Å². The van der Waals surface area contributed by atoms with Crippen LogP contribution in [0.1, 0.15) is 37.3 Å². The lowest BCUT2D eigenvalue weighted by atomic mass is 10.0. The maximum Gasteiger partial charge on any atom is 0.273 e. The molecule has 3 amide bonds. The molecule has 188 valence electrons. The standard InChI is InChI=1S/C26H22FN5O4S/c27-17-8-10-18(11-9-17)32(26(36)23-20(28)21(24(29)34)31-37-23)22(16-6-12-19(33)13-7-16)25(35)30-14-15-4-2-1-3-5-15/h1-13,22,33H,14,28H2,(H2,29,34)(H,30,35). The van der Waals surface area contributed by atoms with Crippen LogP contribution in [0.25, 0.3) is 0 Å². The number of benzene rings is 3. The second-order valence-corrected chi connectivity index (χ2v) is 8.76. The number of carbonyl (C=O) groups is 3. The van der Waals surface area contributed by atoms with Crippen LogP contribution in [0.3, 0.4) is 0 Å². The third-order valence-corrected chi connectivity index (χ3v) is 6.36. The van der Waals surface area contributed by atoms with Gasteiger partial charge in [0, 0.05) is 12.2 Å². The lowest BCUT2D eigenvalue weighted by Crippen LogP contribution is -2.44. The van der Waals surface area contributed by atoms with Gasteiger partial charge in [0.1, 0.15) is 22.5 Å². The Bertz CT molecular complexity index is 1430. The van der Waals surface area contributed by atoms with Crippen molar-refractivity contribution in [3.63, 3.8) is 0 Å². The number of amides is 3. The molecule has 0 spiro atoms. The van der Waals surface area contributed by atoms with Crippen molar-refractivity contribution >= 4 is 40.6 Å². The molecule has 4 rings (SSSR count). The maximum absolute atomic E-state index is 13.9. The maximum atomic E-state index is 13.9. The van der Waals surface area contributed by atoms with Gasteiger partial charge in [-0.3, -0.25) is 19.3 Å². The molecule has 0 saturated carbocycles. The van der Waals surface area contributed by atoms with Gasteiger partial charge < -0.3 is 21.9 Å². The number of phenols is 1. The van der Waals surface area contributed by atoms with Crippen molar-refractivity contribution in [2.24, 2.45) is 5.73 Å². The fourth-order valence-electron chi connectivity index (χ4n) is 3.68. The fraction of sp³-hybridized carbons (Fsp3) is 0.0769. The number of halogens is 1. The van der Waals surface area contributed by atoms with Crippen LogP contribution in [-0.2, 0) is 11.3 Å². The third kappa shape index (κ3) is 5.57. The minimum Gasteiger partial charge on any atom is -0.508 e. The number of aromatic nitrogens is 1. The highest BCUT2D eigenvalue weighted by molar-refractivity contribution is 7.09. The number of nitrogen functional groups attached to an aromatic ring is 1. The Balaban J connectivity index is 1.82. The molecule has 1 aromatic heterocycles. The number of phenolic OH excluding ortho intramolecular Hbond substituents is 1. The van der Waals surface area contributed by atoms with E-state index < -0.39 is 29.6 Å². The Kier molecular flexibility index (Phi) is 7.44. The van der Waals surface area contributed by atoms with Crippen LogP contribution in [0, 0.1) is 5.82 Å². The first kappa shape index (κ1) is 25.3. The summed E-state index contributed by atoms with van der Waals surface area (Å²) in [7, 11) is 0. The molecule has 0 fully saturated rings. The first-order valence-corrected chi connectivity index (χ1v) is 11.8. The van der Waals surface area contributed by atoms with Crippen molar-refractivity contribution in [3.05, 3.63) is 106 Å². The summed E-state index contributed by atoms with van der Waals surface area (Å²) in [4.78, 5) is 40.3. The van der Waals surface area contributed by atoms with Crippen LogP contribution in [0.5, 0.6) is 5.75 Å². The number of nitrogens with one attached hydrogen (secondary N) is 1. The van der Waals surface area contributed by atoms with Gasteiger partial charge in [0.2, 0.25) is 5.91 Å². The van der Waals surface area contributed by atoms with E-state index in [0.29, 0.717) is 17.1 Å². The highest BCUT2D eigenvalue weighted by atomic mass is 32.1. The highest BCUT2D eigenvalue weighted by Gasteiger charge is 2.36. The number of hydrogen-bond donors (Lipinski definition) is 4. The van der Waals surface area contributed by atoms with E-state index in [9.17, 15) is 23.9 Å². The van der Waals surface area contributed by atoms with E-state index in [4.69, 9.17) is 11.5 Å². The predicted octanol–water partition coefficient (Wildman–Crippen LogP) is 3.37. The van der Waals surface area contributed by atoms with Gasteiger partial charge >= 0.3 is 0 Å². The number of carbonyl (C=O) groups excluding carboxylic acids is 3. The monoisotopic (exact) mass is 519 g/mol. The average Bonchev–Trinajstić information content (AvgIpc) is 3.29. The van der Waals surface area contributed by atoms with E-state index in [1.807, 2.05) is 30.3 Å². The van der Waals surface area contributed by atoms with Crippen molar-refractivity contribution < 1.29 is 23.9 Å². The Labute approximate surface area is 215 Å². The summed E-state index contributed by atoms with van der Waals surface area (Å²) >= 11 is 0.663.